The average molecular weight is 414 g/mol. The number of anilines is 2. The SMILES string of the molecule is CCOC(=O)c1[nH]c(C)c(S(=O)(=O)Nc2ccc3c(c2)CCCN3)c1C.Cl. The number of H-pyrrole nitrogens is 1. The number of sulfonamides is 1. The molecule has 1 aliphatic heterocycles. The molecule has 0 saturated carbocycles. The van der Waals surface area contributed by atoms with Crippen molar-refractivity contribution in [3.8, 4) is 0 Å². The van der Waals surface area contributed by atoms with E-state index in [2.05, 4.69) is 15.0 Å². The van der Waals surface area contributed by atoms with Crippen LogP contribution >= 0.6 is 12.4 Å². The largest absolute Gasteiger partial charge is 0.461 e. The molecular weight excluding hydrogens is 390 g/mol. The second-order valence-electron chi connectivity index (χ2n) is 6.31. The molecule has 0 unspecified atom stereocenters. The third-order valence-electron chi connectivity index (χ3n) is 4.41. The van der Waals surface area contributed by atoms with Gasteiger partial charge in [0, 0.05) is 29.2 Å². The predicted molar refractivity (Wildman–Crippen MR) is 108 cm³/mol. The molecule has 27 heavy (non-hydrogen) atoms. The van der Waals surface area contributed by atoms with Crippen LogP contribution in [0.4, 0.5) is 11.4 Å². The van der Waals surface area contributed by atoms with Crippen LogP contribution in [-0.2, 0) is 21.2 Å². The molecule has 148 valence electrons. The van der Waals surface area contributed by atoms with Crippen molar-refractivity contribution < 1.29 is 17.9 Å². The molecule has 0 amide bonds. The average Bonchev–Trinajstić information content (AvgIpc) is 2.90. The summed E-state index contributed by atoms with van der Waals surface area (Å²) in [5, 5.41) is 3.30. The van der Waals surface area contributed by atoms with E-state index in [0.29, 0.717) is 16.9 Å². The number of esters is 1. The Bertz CT molecular complexity index is 954. The lowest BCUT2D eigenvalue weighted by Gasteiger charge is -2.19. The van der Waals surface area contributed by atoms with Crippen molar-refractivity contribution in [2.24, 2.45) is 0 Å². The van der Waals surface area contributed by atoms with Gasteiger partial charge < -0.3 is 15.0 Å². The van der Waals surface area contributed by atoms with E-state index < -0.39 is 16.0 Å². The maximum atomic E-state index is 12.9. The molecule has 0 atom stereocenters. The minimum atomic E-state index is -3.84. The van der Waals surface area contributed by atoms with E-state index >= 15 is 0 Å². The van der Waals surface area contributed by atoms with Crippen molar-refractivity contribution in [1.29, 1.82) is 0 Å². The lowest BCUT2D eigenvalue weighted by molar-refractivity contribution is 0.0519. The van der Waals surface area contributed by atoms with Gasteiger partial charge in [0.1, 0.15) is 10.6 Å². The number of aromatic amines is 1. The summed E-state index contributed by atoms with van der Waals surface area (Å²) in [5.74, 6) is -0.561. The van der Waals surface area contributed by atoms with Gasteiger partial charge in [-0.3, -0.25) is 4.72 Å². The zero-order valence-electron chi connectivity index (χ0n) is 15.5. The molecule has 3 N–H and O–H groups in total. The Kier molecular flexibility index (Phi) is 6.43. The minimum absolute atomic E-state index is 0. The molecule has 1 aliphatic rings. The van der Waals surface area contributed by atoms with Crippen molar-refractivity contribution in [1.82, 2.24) is 4.98 Å². The molecule has 2 aromatic rings. The first-order chi connectivity index (χ1) is 12.3. The number of ether oxygens (including phenoxy) is 1. The quantitative estimate of drug-likeness (QED) is 0.652. The monoisotopic (exact) mass is 413 g/mol. The van der Waals surface area contributed by atoms with E-state index in [1.807, 2.05) is 12.1 Å². The van der Waals surface area contributed by atoms with Crippen LogP contribution in [-0.4, -0.2) is 32.5 Å². The molecule has 9 heteroatoms. The Labute approximate surface area is 165 Å². The summed E-state index contributed by atoms with van der Waals surface area (Å²) in [6.07, 6.45) is 1.93. The van der Waals surface area contributed by atoms with Gasteiger partial charge in [0.05, 0.1) is 6.61 Å². The standard InChI is InChI=1S/C18H23N3O4S.ClH/c1-4-25-18(22)16-11(2)17(12(3)20-16)26(23,24)21-14-7-8-15-13(10-14)6-5-9-19-15;/h7-8,10,19-21H,4-6,9H2,1-3H3;1H. The van der Waals surface area contributed by atoms with Crippen molar-refractivity contribution in [3.63, 3.8) is 0 Å². The van der Waals surface area contributed by atoms with E-state index in [0.717, 1.165) is 30.6 Å². The van der Waals surface area contributed by atoms with Gasteiger partial charge in [-0.2, -0.15) is 0 Å². The van der Waals surface area contributed by atoms with Gasteiger partial charge in [-0.25, -0.2) is 13.2 Å². The highest BCUT2D eigenvalue weighted by Gasteiger charge is 2.27. The van der Waals surface area contributed by atoms with Gasteiger partial charge in [-0.15, -0.1) is 12.4 Å². The van der Waals surface area contributed by atoms with E-state index in [9.17, 15) is 13.2 Å². The van der Waals surface area contributed by atoms with Gasteiger partial charge in [0.2, 0.25) is 0 Å². The molecule has 2 heterocycles. The number of aromatic nitrogens is 1. The summed E-state index contributed by atoms with van der Waals surface area (Å²) in [6, 6.07) is 5.47. The molecule has 1 aromatic carbocycles. The second kappa shape index (κ2) is 8.22. The van der Waals surface area contributed by atoms with Gasteiger partial charge in [-0.05, 0) is 57.4 Å². The summed E-state index contributed by atoms with van der Waals surface area (Å²) < 4.78 is 33.4. The Morgan fingerprint density at radius 3 is 2.74 bits per heavy atom. The zero-order valence-corrected chi connectivity index (χ0v) is 17.1. The predicted octanol–water partition coefficient (Wildman–Crippen LogP) is 3.39. The molecule has 0 aliphatic carbocycles. The number of fused-ring (bicyclic) bond motifs is 1. The smallest absolute Gasteiger partial charge is 0.355 e. The maximum Gasteiger partial charge on any atom is 0.355 e. The Balaban J connectivity index is 0.00000261. The Morgan fingerprint density at radius 2 is 2.04 bits per heavy atom. The van der Waals surface area contributed by atoms with Gasteiger partial charge >= 0.3 is 5.97 Å². The molecular formula is C18H24ClN3O4S. The van der Waals surface area contributed by atoms with Gasteiger partial charge in [0.15, 0.2) is 0 Å². The lowest BCUT2D eigenvalue weighted by atomic mass is 10.0. The number of halogens is 1. The fourth-order valence-electron chi connectivity index (χ4n) is 3.29. The first-order valence-corrected chi connectivity index (χ1v) is 10.1. The third kappa shape index (κ3) is 4.22. The van der Waals surface area contributed by atoms with Crippen molar-refractivity contribution >= 4 is 39.8 Å². The maximum absolute atomic E-state index is 12.9. The summed E-state index contributed by atoms with van der Waals surface area (Å²) >= 11 is 0. The minimum Gasteiger partial charge on any atom is -0.461 e. The van der Waals surface area contributed by atoms with Crippen LogP contribution in [0.1, 0.15) is 40.7 Å². The highest BCUT2D eigenvalue weighted by molar-refractivity contribution is 7.92. The fraction of sp³-hybridized carbons (Fsp3) is 0.389. The van der Waals surface area contributed by atoms with Crippen LogP contribution in [0.15, 0.2) is 23.1 Å². The third-order valence-corrected chi connectivity index (χ3v) is 6.07. The van der Waals surface area contributed by atoms with Crippen LogP contribution in [0.25, 0.3) is 0 Å². The van der Waals surface area contributed by atoms with E-state index in [4.69, 9.17) is 4.74 Å². The second-order valence-corrected chi connectivity index (χ2v) is 7.93. The van der Waals surface area contributed by atoms with Gasteiger partial charge in [-0.1, -0.05) is 0 Å². The number of hydrogen-bond acceptors (Lipinski definition) is 5. The number of nitrogens with one attached hydrogen (secondary N) is 3. The number of hydrogen-bond donors (Lipinski definition) is 3. The number of carbonyl (C=O) groups is 1. The number of benzene rings is 1. The number of rotatable bonds is 5. The van der Waals surface area contributed by atoms with Crippen LogP contribution in [0.2, 0.25) is 0 Å². The summed E-state index contributed by atoms with van der Waals surface area (Å²) in [7, 11) is -3.84. The summed E-state index contributed by atoms with van der Waals surface area (Å²) in [6.45, 7) is 6.08. The number of aryl methyl sites for hydroxylation is 2. The summed E-state index contributed by atoms with van der Waals surface area (Å²) in [5.41, 5.74) is 3.55. The molecule has 3 rings (SSSR count). The van der Waals surface area contributed by atoms with E-state index in [1.54, 1.807) is 26.8 Å². The van der Waals surface area contributed by atoms with Gasteiger partial charge in [0.25, 0.3) is 10.0 Å². The zero-order chi connectivity index (χ0) is 18.9. The van der Waals surface area contributed by atoms with E-state index in [-0.39, 0.29) is 29.6 Å². The molecule has 1 aromatic heterocycles. The molecule has 7 nitrogen and oxygen atoms in total. The lowest BCUT2D eigenvalue weighted by Crippen LogP contribution is -2.16. The molecule has 0 bridgehead atoms. The topological polar surface area (TPSA) is 100 Å². The van der Waals surface area contributed by atoms with Crippen LogP contribution in [0, 0.1) is 13.8 Å². The van der Waals surface area contributed by atoms with Crippen LogP contribution in [0.3, 0.4) is 0 Å². The normalized spacial score (nSPS) is 13.1. The van der Waals surface area contributed by atoms with E-state index in [1.165, 1.54) is 0 Å². The van der Waals surface area contributed by atoms with Crippen molar-refractivity contribution in [2.75, 3.05) is 23.2 Å². The molecule has 0 spiro atoms. The first-order valence-electron chi connectivity index (χ1n) is 8.59. The Morgan fingerprint density at radius 1 is 1.30 bits per heavy atom. The highest BCUT2D eigenvalue weighted by Crippen LogP contribution is 2.29. The van der Waals surface area contributed by atoms with Crippen LogP contribution < -0.4 is 10.0 Å². The molecule has 0 radical (unpaired) electrons. The molecule has 0 fully saturated rings. The first kappa shape index (κ1) is 21.1. The highest BCUT2D eigenvalue weighted by atomic mass is 35.5. The molecule has 0 saturated heterocycles. The van der Waals surface area contributed by atoms with Crippen molar-refractivity contribution in [2.45, 2.75) is 38.5 Å². The number of carbonyl (C=O) groups excluding carboxylic acids is 1. The Hall–Kier alpha value is -2.19. The van der Waals surface area contributed by atoms with Crippen LogP contribution in [0.5, 0.6) is 0 Å². The fourth-order valence-corrected chi connectivity index (χ4v) is 4.79. The van der Waals surface area contributed by atoms with Crippen molar-refractivity contribution in [3.05, 3.63) is 40.7 Å². The summed E-state index contributed by atoms with van der Waals surface area (Å²) in [4.78, 5) is 14.9.